The average molecular weight is 178 g/mol. The second kappa shape index (κ2) is 2.38. The summed E-state index contributed by atoms with van der Waals surface area (Å²) >= 11 is 1.49. The van der Waals surface area contributed by atoms with Crippen molar-refractivity contribution in [3.05, 3.63) is 43.5 Å². The summed E-state index contributed by atoms with van der Waals surface area (Å²) in [6.45, 7) is 1.69. The van der Waals surface area contributed by atoms with Crippen molar-refractivity contribution < 1.29 is 0 Å². The monoisotopic (exact) mass is 178 g/mol. The molecular weight excluding hydrogens is 172 g/mol. The highest BCUT2D eigenvalue weighted by Crippen LogP contribution is 2.23. The summed E-state index contributed by atoms with van der Waals surface area (Å²) in [5.74, 6) is 0. The molecule has 0 fully saturated rings. The normalized spacial score (nSPS) is 10.8. The first-order chi connectivity index (χ1) is 5.72. The zero-order valence-electron chi connectivity index (χ0n) is 6.46. The Labute approximate surface area is 72.8 Å². The molecule has 2 aromatic rings. The number of rotatable bonds is 1. The molecule has 1 heterocycles. The van der Waals surface area contributed by atoms with Gasteiger partial charge in [0.2, 0.25) is 10.9 Å². The van der Waals surface area contributed by atoms with Crippen LogP contribution in [0.5, 0.6) is 0 Å². The van der Waals surface area contributed by atoms with Crippen LogP contribution in [-0.2, 0) is 0 Å². The van der Waals surface area contributed by atoms with E-state index in [0.29, 0.717) is 11.1 Å². The molecule has 2 nitrogen and oxygen atoms in total. The van der Waals surface area contributed by atoms with Crippen molar-refractivity contribution in [2.45, 2.75) is 6.92 Å². The molecule has 1 aromatic heterocycles. The lowest BCUT2D eigenvalue weighted by Crippen LogP contribution is -2.35. The largest absolute Gasteiger partial charge is 0.285 e. The van der Waals surface area contributed by atoms with Gasteiger partial charge in [-0.15, -0.1) is 11.3 Å². The number of thiophene rings is 1. The van der Waals surface area contributed by atoms with Crippen LogP contribution in [0.4, 0.5) is 0 Å². The van der Waals surface area contributed by atoms with Gasteiger partial charge < -0.3 is 0 Å². The van der Waals surface area contributed by atoms with E-state index in [1.807, 2.05) is 17.5 Å². The van der Waals surface area contributed by atoms with Gasteiger partial charge >= 0.3 is 0 Å². The molecule has 12 heavy (non-hydrogen) atoms. The van der Waals surface area contributed by atoms with Gasteiger partial charge in [0.05, 0.1) is 5.56 Å². The van der Waals surface area contributed by atoms with E-state index >= 15 is 0 Å². The van der Waals surface area contributed by atoms with Crippen LogP contribution >= 0.6 is 11.3 Å². The summed E-state index contributed by atoms with van der Waals surface area (Å²) in [7, 11) is 0. The first-order valence-corrected chi connectivity index (χ1v) is 4.43. The summed E-state index contributed by atoms with van der Waals surface area (Å²) in [4.78, 5) is 22.8. The molecule has 0 atom stereocenters. The fourth-order valence-electron chi connectivity index (χ4n) is 1.22. The highest BCUT2D eigenvalue weighted by Gasteiger charge is 2.18. The van der Waals surface area contributed by atoms with Crippen LogP contribution in [-0.4, -0.2) is 0 Å². The van der Waals surface area contributed by atoms with Crippen LogP contribution in [0, 0.1) is 6.92 Å². The Balaban J connectivity index is 2.66. The van der Waals surface area contributed by atoms with Crippen molar-refractivity contribution in [1.29, 1.82) is 0 Å². The molecule has 0 saturated carbocycles. The van der Waals surface area contributed by atoms with Crippen molar-refractivity contribution in [3.8, 4) is 10.4 Å². The van der Waals surface area contributed by atoms with Crippen molar-refractivity contribution in [2.75, 3.05) is 0 Å². The van der Waals surface area contributed by atoms with Crippen LogP contribution < -0.4 is 10.9 Å². The third kappa shape index (κ3) is 0.800. The molecular formula is C9H6O2S. The standard InChI is InChI=1S/C9H6O2S/c1-5-7(9(11)8(5)10)6-3-2-4-12-6/h2-4H,1H3. The summed E-state index contributed by atoms with van der Waals surface area (Å²) in [5.41, 5.74) is 0.533. The molecule has 0 spiro atoms. The summed E-state index contributed by atoms with van der Waals surface area (Å²) in [6, 6.07) is 3.73. The molecule has 0 unspecified atom stereocenters. The molecule has 1 aromatic carbocycles. The average Bonchev–Trinajstić information content (AvgIpc) is 2.57. The third-order valence-corrected chi connectivity index (χ3v) is 2.80. The molecule has 0 aliphatic carbocycles. The Bertz CT molecular complexity index is 473. The van der Waals surface area contributed by atoms with E-state index in [9.17, 15) is 9.59 Å². The molecule has 0 amide bonds. The van der Waals surface area contributed by atoms with E-state index in [1.165, 1.54) is 11.3 Å². The molecule has 0 saturated heterocycles. The molecule has 2 rings (SSSR count). The van der Waals surface area contributed by atoms with Gasteiger partial charge in [-0.2, -0.15) is 0 Å². The van der Waals surface area contributed by atoms with Crippen molar-refractivity contribution >= 4 is 11.3 Å². The van der Waals surface area contributed by atoms with Crippen LogP contribution in [0.25, 0.3) is 10.4 Å². The summed E-state index contributed by atoms with van der Waals surface area (Å²) in [5, 5.41) is 1.89. The van der Waals surface area contributed by atoms with Gasteiger partial charge in [0, 0.05) is 10.4 Å². The topological polar surface area (TPSA) is 34.1 Å². The van der Waals surface area contributed by atoms with E-state index in [0.717, 1.165) is 4.88 Å². The molecule has 3 heteroatoms. The van der Waals surface area contributed by atoms with Crippen molar-refractivity contribution in [1.82, 2.24) is 0 Å². The molecule has 60 valence electrons. The van der Waals surface area contributed by atoms with Crippen LogP contribution in [0.15, 0.2) is 27.1 Å². The summed E-state index contributed by atoms with van der Waals surface area (Å²) in [6.07, 6.45) is 0. The highest BCUT2D eigenvalue weighted by atomic mass is 32.1. The van der Waals surface area contributed by atoms with Gasteiger partial charge in [0.15, 0.2) is 0 Å². The Morgan fingerprint density at radius 1 is 1.25 bits per heavy atom. The van der Waals surface area contributed by atoms with Crippen LogP contribution in [0.3, 0.4) is 0 Å². The minimum Gasteiger partial charge on any atom is -0.285 e. The SMILES string of the molecule is Cc1c(-c2cccs2)c(=O)c1=O. The van der Waals surface area contributed by atoms with E-state index in [2.05, 4.69) is 0 Å². The quantitative estimate of drug-likeness (QED) is 0.617. The van der Waals surface area contributed by atoms with Gasteiger partial charge in [-0.3, -0.25) is 9.59 Å². The zero-order valence-corrected chi connectivity index (χ0v) is 7.27. The van der Waals surface area contributed by atoms with E-state index in [4.69, 9.17) is 0 Å². The summed E-state index contributed by atoms with van der Waals surface area (Å²) < 4.78 is 0. The van der Waals surface area contributed by atoms with Crippen LogP contribution in [0.1, 0.15) is 5.56 Å². The van der Waals surface area contributed by atoms with E-state index < -0.39 is 0 Å². The predicted molar refractivity (Wildman–Crippen MR) is 49.4 cm³/mol. The van der Waals surface area contributed by atoms with E-state index in [1.54, 1.807) is 6.92 Å². The Morgan fingerprint density at radius 3 is 2.50 bits per heavy atom. The Morgan fingerprint density at radius 2 is 2.00 bits per heavy atom. The third-order valence-electron chi connectivity index (χ3n) is 1.92. The Hall–Kier alpha value is -1.22. The lowest BCUT2D eigenvalue weighted by molar-refractivity contribution is 1.29. The van der Waals surface area contributed by atoms with Crippen molar-refractivity contribution in [3.63, 3.8) is 0 Å². The predicted octanol–water partition coefficient (Wildman–Crippen LogP) is 1.32. The molecule has 0 bridgehead atoms. The smallest absolute Gasteiger partial charge is 0.235 e. The molecule has 0 aliphatic rings. The van der Waals surface area contributed by atoms with E-state index in [-0.39, 0.29) is 10.9 Å². The van der Waals surface area contributed by atoms with Gasteiger partial charge in [-0.25, -0.2) is 0 Å². The first kappa shape index (κ1) is 7.43. The number of hydrogen-bond donors (Lipinski definition) is 0. The minimum atomic E-state index is -0.338. The van der Waals surface area contributed by atoms with Crippen LogP contribution in [0.2, 0.25) is 0 Å². The second-order valence-electron chi connectivity index (χ2n) is 2.64. The van der Waals surface area contributed by atoms with Gasteiger partial charge in [0.1, 0.15) is 0 Å². The van der Waals surface area contributed by atoms with Gasteiger partial charge in [0.25, 0.3) is 0 Å². The maximum atomic E-state index is 11.1. The minimum absolute atomic E-state index is 0.335. The highest BCUT2D eigenvalue weighted by molar-refractivity contribution is 7.13. The number of hydrogen-bond acceptors (Lipinski definition) is 3. The fraction of sp³-hybridized carbons (Fsp3) is 0.111. The van der Waals surface area contributed by atoms with Gasteiger partial charge in [-0.1, -0.05) is 6.07 Å². The van der Waals surface area contributed by atoms with Gasteiger partial charge in [-0.05, 0) is 18.4 Å². The second-order valence-corrected chi connectivity index (χ2v) is 3.58. The lowest BCUT2D eigenvalue weighted by Gasteiger charge is -2.02. The molecule has 0 N–H and O–H groups in total. The Kier molecular flexibility index (Phi) is 1.48. The lowest BCUT2D eigenvalue weighted by atomic mass is 10.0. The fourth-order valence-corrected chi connectivity index (χ4v) is 2.05. The maximum Gasteiger partial charge on any atom is 0.235 e. The maximum absolute atomic E-state index is 11.1. The first-order valence-electron chi connectivity index (χ1n) is 3.55. The van der Waals surface area contributed by atoms with Crippen molar-refractivity contribution in [2.24, 2.45) is 0 Å². The zero-order chi connectivity index (χ0) is 8.72. The molecule has 0 radical (unpaired) electrons. The molecule has 0 aliphatic heterocycles.